The van der Waals surface area contributed by atoms with Gasteiger partial charge < -0.3 is 25.2 Å². The third kappa shape index (κ3) is 7.62. The van der Waals surface area contributed by atoms with Crippen LogP contribution in [0.1, 0.15) is 75.5 Å². The van der Waals surface area contributed by atoms with E-state index in [9.17, 15) is 14.4 Å². The van der Waals surface area contributed by atoms with Crippen LogP contribution in [0.5, 0.6) is 5.75 Å². The molecule has 3 aliphatic heterocycles. The summed E-state index contributed by atoms with van der Waals surface area (Å²) in [6.45, 7) is 8.98. The maximum Gasteiger partial charge on any atom is 0.329 e. The number of carbonyl (C=O) groups excluding carboxylic acids is 2. The number of carbonyl (C=O) groups is 2. The Hall–Kier alpha value is -5.83. The lowest BCUT2D eigenvalue weighted by Crippen LogP contribution is -2.58. The topological polar surface area (TPSA) is 170 Å². The number of methoxy groups -OCH3 is 1. The van der Waals surface area contributed by atoms with Crippen LogP contribution in [0.25, 0.3) is 22.3 Å². The number of piperazine rings is 1. The van der Waals surface area contributed by atoms with Crippen LogP contribution in [0, 0.1) is 0 Å². The van der Waals surface area contributed by atoms with Crippen molar-refractivity contribution in [1.29, 1.82) is 0 Å². The number of benzene rings is 2. The number of piperidine rings is 2. The number of rotatable bonds is 11. The van der Waals surface area contributed by atoms with Gasteiger partial charge in [-0.3, -0.25) is 24.0 Å². The lowest BCUT2D eigenvalue weighted by molar-refractivity contribution is -0.135. The van der Waals surface area contributed by atoms with Crippen LogP contribution in [-0.2, 0) is 23.1 Å². The van der Waals surface area contributed by atoms with Gasteiger partial charge in [0.1, 0.15) is 11.8 Å². The lowest BCUT2D eigenvalue weighted by Gasteiger charge is -2.46. The van der Waals surface area contributed by atoms with E-state index in [2.05, 4.69) is 56.2 Å². The monoisotopic (exact) mass is 787 g/mol. The minimum absolute atomic E-state index is 0.141. The molecular formula is C43H53N11O4. The van der Waals surface area contributed by atoms with E-state index < -0.39 is 11.9 Å². The number of anilines is 3. The van der Waals surface area contributed by atoms with Crippen molar-refractivity contribution in [2.75, 3.05) is 55.4 Å². The van der Waals surface area contributed by atoms with E-state index in [1.54, 1.807) is 18.7 Å². The lowest BCUT2D eigenvalue weighted by atomic mass is 9.91. The highest BCUT2D eigenvalue weighted by Crippen LogP contribution is 2.35. The molecule has 5 aromatic rings. The highest BCUT2D eigenvalue weighted by molar-refractivity contribution is 6.00. The average Bonchev–Trinajstić information content (AvgIpc) is 3.48. The van der Waals surface area contributed by atoms with Crippen LogP contribution < -0.4 is 31.3 Å². The van der Waals surface area contributed by atoms with Crippen LogP contribution in [0.4, 0.5) is 17.5 Å². The number of imidazole rings is 1. The molecule has 0 spiro atoms. The third-order valence-corrected chi connectivity index (χ3v) is 12.3. The predicted molar refractivity (Wildman–Crippen MR) is 224 cm³/mol. The molecule has 304 valence electrons. The number of likely N-dealkylation sites (tertiary alicyclic amines) is 1. The molecule has 2 aromatic carbocycles. The van der Waals surface area contributed by atoms with Crippen molar-refractivity contribution in [3.05, 3.63) is 82.5 Å². The van der Waals surface area contributed by atoms with Crippen molar-refractivity contribution in [2.45, 2.75) is 82.8 Å². The van der Waals surface area contributed by atoms with Crippen molar-refractivity contribution in [2.24, 2.45) is 7.05 Å². The first kappa shape index (κ1) is 39.0. The summed E-state index contributed by atoms with van der Waals surface area (Å²) in [5.41, 5.74) is 12.5. The molecule has 6 heterocycles. The molecule has 0 bridgehead atoms. The Morgan fingerprint density at radius 3 is 2.47 bits per heavy atom. The number of aromatic nitrogens is 6. The normalized spacial score (nSPS) is 20.8. The zero-order chi connectivity index (χ0) is 40.5. The fraction of sp³-hybridized carbons (Fsp3) is 0.465. The van der Waals surface area contributed by atoms with Crippen LogP contribution in [0.3, 0.4) is 0 Å². The summed E-state index contributed by atoms with van der Waals surface area (Å²) in [6, 6.07) is 15.5. The Labute approximate surface area is 338 Å². The average molecular weight is 788 g/mol. The standard InChI is InChI=1S/C43H53N11O4/c1-5-31-26-52(37-22-33(48-49-40(37)44)32-10-6-7-11-38(32)58-4)25-27(2)53(31)42-45-23-30(24-46-42)29-16-19-51(20-17-29)18-8-9-28-12-13-34-36(21-28)50(3)43(57)54(34)35-14-15-39(55)47-41(35)56/h6-7,10-13,21-24,27,29,31,35H,5,8-9,14-20,25-26H2,1-4H3,(H2,44,49)(H,47,55,56). The number of amides is 2. The minimum atomic E-state index is -0.677. The minimum Gasteiger partial charge on any atom is -0.496 e. The number of ether oxygens (including phenoxy) is 1. The maximum atomic E-state index is 13.2. The molecule has 3 fully saturated rings. The van der Waals surface area contributed by atoms with E-state index in [1.165, 1.54) is 10.1 Å². The van der Waals surface area contributed by atoms with Gasteiger partial charge in [0.25, 0.3) is 0 Å². The van der Waals surface area contributed by atoms with Crippen molar-refractivity contribution in [1.82, 2.24) is 39.5 Å². The fourth-order valence-corrected chi connectivity index (χ4v) is 9.17. The molecule has 0 saturated carbocycles. The van der Waals surface area contributed by atoms with Crippen molar-refractivity contribution in [3.63, 3.8) is 0 Å². The highest BCUT2D eigenvalue weighted by Gasteiger charge is 2.35. The number of nitrogens with one attached hydrogen (secondary N) is 1. The summed E-state index contributed by atoms with van der Waals surface area (Å²) in [6.07, 6.45) is 9.58. The summed E-state index contributed by atoms with van der Waals surface area (Å²) < 4.78 is 8.72. The molecular weight excluding hydrogens is 735 g/mol. The molecule has 3 saturated heterocycles. The van der Waals surface area contributed by atoms with E-state index >= 15 is 0 Å². The molecule has 15 nitrogen and oxygen atoms in total. The summed E-state index contributed by atoms with van der Waals surface area (Å²) in [7, 11) is 3.40. The van der Waals surface area contributed by atoms with E-state index in [-0.39, 0.29) is 30.1 Å². The molecule has 8 rings (SSSR count). The van der Waals surface area contributed by atoms with Crippen molar-refractivity contribution in [3.8, 4) is 17.0 Å². The van der Waals surface area contributed by atoms with E-state index in [1.807, 2.05) is 48.8 Å². The molecule has 0 radical (unpaired) electrons. The second-order valence-corrected chi connectivity index (χ2v) is 16.0. The van der Waals surface area contributed by atoms with Gasteiger partial charge in [0.05, 0.1) is 29.5 Å². The van der Waals surface area contributed by atoms with Gasteiger partial charge in [0.2, 0.25) is 17.8 Å². The predicted octanol–water partition coefficient (Wildman–Crippen LogP) is 4.46. The molecule has 15 heteroatoms. The summed E-state index contributed by atoms with van der Waals surface area (Å²) in [5.74, 6) is 1.64. The van der Waals surface area contributed by atoms with Crippen LogP contribution >= 0.6 is 0 Å². The van der Waals surface area contributed by atoms with Gasteiger partial charge in [-0.15, -0.1) is 10.2 Å². The molecule has 3 aliphatic rings. The number of para-hydroxylation sites is 1. The second kappa shape index (κ2) is 16.6. The Bertz CT molecular complexity index is 2350. The van der Waals surface area contributed by atoms with Crippen molar-refractivity contribution < 1.29 is 14.3 Å². The number of imide groups is 1. The van der Waals surface area contributed by atoms with Gasteiger partial charge in [0, 0.05) is 56.6 Å². The van der Waals surface area contributed by atoms with Crippen LogP contribution in [-0.4, -0.2) is 97.9 Å². The number of hydrogen-bond donors (Lipinski definition) is 2. The van der Waals surface area contributed by atoms with Crippen LogP contribution in [0.2, 0.25) is 0 Å². The molecule has 3 unspecified atom stereocenters. The van der Waals surface area contributed by atoms with E-state index in [0.717, 1.165) is 110 Å². The number of aryl methyl sites for hydroxylation is 2. The maximum absolute atomic E-state index is 13.2. The second-order valence-electron chi connectivity index (χ2n) is 16.0. The van der Waals surface area contributed by atoms with E-state index in [0.29, 0.717) is 18.2 Å². The van der Waals surface area contributed by atoms with Crippen LogP contribution in [0.15, 0.2) is 65.7 Å². The number of nitrogens with two attached hydrogens (primary N) is 1. The smallest absolute Gasteiger partial charge is 0.329 e. The Balaban J connectivity index is 0.849. The third-order valence-electron chi connectivity index (χ3n) is 12.3. The number of hydrogen-bond acceptors (Lipinski definition) is 12. The summed E-state index contributed by atoms with van der Waals surface area (Å²) in [5, 5.41) is 11.1. The first-order chi connectivity index (χ1) is 28.1. The van der Waals surface area contributed by atoms with Gasteiger partial charge in [-0.1, -0.05) is 25.1 Å². The summed E-state index contributed by atoms with van der Waals surface area (Å²) in [4.78, 5) is 54.5. The molecule has 3 N–H and O–H groups in total. The van der Waals surface area contributed by atoms with Gasteiger partial charge in [-0.2, -0.15) is 0 Å². The zero-order valence-corrected chi connectivity index (χ0v) is 33.8. The molecule has 3 aromatic heterocycles. The fourth-order valence-electron chi connectivity index (χ4n) is 9.17. The first-order valence-electron chi connectivity index (χ1n) is 20.5. The SMILES string of the molecule is CCC1CN(c2cc(-c3ccccc3OC)nnc2N)CC(C)N1c1ncc(C2CCN(CCCc3ccc4c(c3)n(C)c(=O)n4C3CCC(=O)NC3=O)CC2)cn1. The van der Waals surface area contributed by atoms with Gasteiger partial charge in [-0.05, 0) is 112 Å². The summed E-state index contributed by atoms with van der Waals surface area (Å²) >= 11 is 0. The Morgan fingerprint density at radius 1 is 0.948 bits per heavy atom. The Morgan fingerprint density at radius 2 is 1.72 bits per heavy atom. The number of fused-ring (bicyclic) bond motifs is 1. The van der Waals surface area contributed by atoms with Gasteiger partial charge in [-0.25, -0.2) is 14.8 Å². The molecule has 58 heavy (non-hydrogen) atoms. The molecule has 0 aliphatic carbocycles. The number of nitrogens with zero attached hydrogens (tertiary/aromatic N) is 9. The van der Waals surface area contributed by atoms with Crippen molar-refractivity contribution >= 4 is 40.3 Å². The number of nitrogen functional groups attached to an aromatic ring is 1. The van der Waals surface area contributed by atoms with Gasteiger partial charge in [0.15, 0.2) is 5.82 Å². The largest absolute Gasteiger partial charge is 0.496 e. The molecule has 2 amide bonds. The zero-order valence-electron chi connectivity index (χ0n) is 33.8. The molecule has 3 atom stereocenters. The first-order valence-corrected chi connectivity index (χ1v) is 20.5. The van der Waals surface area contributed by atoms with E-state index in [4.69, 9.17) is 20.4 Å². The highest BCUT2D eigenvalue weighted by atomic mass is 16.5. The quantitative estimate of drug-likeness (QED) is 0.181. The Kier molecular flexibility index (Phi) is 11.1. The van der Waals surface area contributed by atoms with Gasteiger partial charge >= 0.3 is 5.69 Å².